The molecular weight excluding hydrogens is 251 g/mol. The van der Waals surface area contributed by atoms with E-state index < -0.39 is 5.82 Å². The smallest absolute Gasteiger partial charge is 0.188 e. The van der Waals surface area contributed by atoms with Crippen molar-refractivity contribution in [3.05, 3.63) is 76.6 Å². The zero-order valence-corrected chi connectivity index (χ0v) is 10.2. The van der Waals surface area contributed by atoms with Crippen molar-refractivity contribution in [2.24, 2.45) is 0 Å². The molecule has 0 spiro atoms. The van der Waals surface area contributed by atoms with Crippen molar-refractivity contribution in [1.29, 1.82) is 0 Å². The maximum absolute atomic E-state index is 13.3. The van der Waals surface area contributed by atoms with E-state index in [2.05, 4.69) is 0 Å². The summed E-state index contributed by atoms with van der Waals surface area (Å²) in [5, 5.41) is 0.632. The molecule has 0 saturated heterocycles. The van der Waals surface area contributed by atoms with Crippen molar-refractivity contribution >= 4 is 23.5 Å². The van der Waals surface area contributed by atoms with Crippen LogP contribution in [0.4, 0.5) is 4.39 Å². The van der Waals surface area contributed by atoms with E-state index in [0.717, 1.165) is 5.56 Å². The molecule has 90 valence electrons. The number of benzene rings is 2. The van der Waals surface area contributed by atoms with Gasteiger partial charge in [0, 0.05) is 5.02 Å². The largest absolute Gasteiger partial charge is 0.289 e. The Bertz CT molecular complexity index is 588. The predicted octanol–water partition coefficient (Wildman–Crippen LogP) is 4.38. The van der Waals surface area contributed by atoms with Gasteiger partial charge in [-0.3, -0.25) is 4.79 Å². The predicted molar refractivity (Wildman–Crippen MR) is 71.2 cm³/mol. The number of carbonyl (C=O) groups is 1. The van der Waals surface area contributed by atoms with E-state index in [-0.39, 0.29) is 11.3 Å². The van der Waals surface area contributed by atoms with Gasteiger partial charge in [-0.2, -0.15) is 0 Å². The molecule has 2 rings (SSSR count). The van der Waals surface area contributed by atoms with Crippen LogP contribution >= 0.6 is 11.6 Å². The monoisotopic (exact) mass is 260 g/mol. The molecule has 3 heteroatoms. The van der Waals surface area contributed by atoms with Gasteiger partial charge in [0.2, 0.25) is 0 Å². The Morgan fingerprint density at radius 1 is 1.06 bits per heavy atom. The highest BCUT2D eigenvalue weighted by Gasteiger charge is 2.06. The van der Waals surface area contributed by atoms with Crippen LogP contribution in [0.3, 0.4) is 0 Å². The van der Waals surface area contributed by atoms with Crippen molar-refractivity contribution in [2.45, 2.75) is 0 Å². The molecule has 0 aromatic heterocycles. The number of allylic oxidation sites excluding steroid dienone is 1. The van der Waals surface area contributed by atoms with Gasteiger partial charge in [-0.1, -0.05) is 41.9 Å². The second kappa shape index (κ2) is 5.61. The first-order valence-electron chi connectivity index (χ1n) is 5.39. The van der Waals surface area contributed by atoms with Gasteiger partial charge >= 0.3 is 0 Å². The standard InChI is InChI=1S/C15H10ClFO/c16-12-8-5-11(6-9-12)7-10-15(18)13-3-1-2-4-14(13)17/h1-10H. The van der Waals surface area contributed by atoms with Gasteiger partial charge in [-0.25, -0.2) is 4.39 Å². The molecule has 0 amide bonds. The fourth-order valence-corrected chi connectivity index (χ4v) is 1.62. The lowest BCUT2D eigenvalue weighted by Gasteiger charge is -1.97. The lowest BCUT2D eigenvalue weighted by molar-refractivity contribution is 0.104. The van der Waals surface area contributed by atoms with Gasteiger partial charge in [0.1, 0.15) is 5.82 Å². The molecule has 0 fully saturated rings. The van der Waals surface area contributed by atoms with Crippen LogP contribution in [0.15, 0.2) is 54.6 Å². The number of rotatable bonds is 3. The van der Waals surface area contributed by atoms with E-state index >= 15 is 0 Å². The van der Waals surface area contributed by atoms with Gasteiger partial charge in [-0.05, 0) is 35.9 Å². The zero-order chi connectivity index (χ0) is 13.0. The van der Waals surface area contributed by atoms with Crippen molar-refractivity contribution in [3.8, 4) is 0 Å². The minimum absolute atomic E-state index is 0.0720. The lowest BCUT2D eigenvalue weighted by Crippen LogP contribution is -1.97. The summed E-state index contributed by atoms with van der Waals surface area (Å²) in [7, 11) is 0. The second-order valence-corrected chi connectivity index (χ2v) is 4.17. The first kappa shape index (κ1) is 12.5. The molecule has 18 heavy (non-hydrogen) atoms. The SMILES string of the molecule is O=C(C=Cc1ccc(Cl)cc1)c1ccccc1F. The first-order chi connectivity index (χ1) is 8.66. The Balaban J connectivity index is 2.17. The normalized spacial score (nSPS) is 10.8. The average Bonchev–Trinajstić information content (AvgIpc) is 2.38. The third-order valence-corrected chi connectivity index (χ3v) is 2.69. The van der Waals surface area contributed by atoms with Crippen molar-refractivity contribution in [2.75, 3.05) is 0 Å². The summed E-state index contributed by atoms with van der Waals surface area (Å²) in [4.78, 5) is 11.8. The molecule has 0 unspecified atom stereocenters. The van der Waals surface area contributed by atoms with Gasteiger partial charge in [0.15, 0.2) is 5.78 Å². The van der Waals surface area contributed by atoms with E-state index in [9.17, 15) is 9.18 Å². The topological polar surface area (TPSA) is 17.1 Å². The minimum Gasteiger partial charge on any atom is -0.289 e. The maximum atomic E-state index is 13.3. The Labute approximate surface area is 110 Å². The molecule has 0 aliphatic rings. The summed E-state index contributed by atoms with van der Waals surface area (Å²) in [6, 6.07) is 12.9. The van der Waals surface area contributed by atoms with Gasteiger partial charge < -0.3 is 0 Å². The average molecular weight is 261 g/mol. The number of carbonyl (C=O) groups excluding carboxylic acids is 1. The summed E-state index contributed by atoms with van der Waals surface area (Å²) in [5.41, 5.74) is 0.909. The van der Waals surface area contributed by atoms with Crippen LogP contribution in [-0.4, -0.2) is 5.78 Å². The summed E-state index contributed by atoms with van der Waals surface area (Å²) < 4.78 is 13.3. The maximum Gasteiger partial charge on any atom is 0.188 e. The molecule has 0 N–H and O–H groups in total. The summed E-state index contributed by atoms with van der Waals surface area (Å²) >= 11 is 5.75. The fourth-order valence-electron chi connectivity index (χ4n) is 1.50. The third kappa shape index (κ3) is 3.05. The van der Waals surface area contributed by atoms with Crippen LogP contribution in [-0.2, 0) is 0 Å². The lowest BCUT2D eigenvalue weighted by atomic mass is 10.1. The van der Waals surface area contributed by atoms with Crippen LogP contribution in [0.5, 0.6) is 0 Å². The van der Waals surface area contributed by atoms with Crippen LogP contribution in [0.25, 0.3) is 6.08 Å². The molecule has 0 saturated carbocycles. The fraction of sp³-hybridized carbons (Fsp3) is 0. The van der Waals surface area contributed by atoms with Gasteiger partial charge in [-0.15, -0.1) is 0 Å². The summed E-state index contributed by atoms with van der Waals surface area (Å²) in [6.45, 7) is 0. The molecular formula is C15H10ClFO. The summed E-state index contributed by atoms with van der Waals surface area (Å²) in [6.07, 6.45) is 2.98. The molecule has 0 aliphatic heterocycles. The Kier molecular flexibility index (Phi) is 3.90. The Morgan fingerprint density at radius 3 is 2.39 bits per heavy atom. The van der Waals surface area contributed by atoms with Gasteiger partial charge in [0.05, 0.1) is 5.56 Å². The Hall–Kier alpha value is -1.93. The van der Waals surface area contributed by atoms with Crippen molar-refractivity contribution in [1.82, 2.24) is 0 Å². The first-order valence-corrected chi connectivity index (χ1v) is 5.77. The highest BCUT2D eigenvalue weighted by atomic mass is 35.5. The van der Waals surface area contributed by atoms with E-state index in [1.165, 1.54) is 18.2 Å². The quantitative estimate of drug-likeness (QED) is 0.591. The van der Waals surface area contributed by atoms with E-state index in [4.69, 9.17) is 11.6 Å². The number of hydrogen-bond donors (Lipinski definition) is 0. The van der Waals surface area contributed by atoms with E-state index in [0.29, 0.717) is 5.02 Å². The van der Waals surface area contributed by atoms with Crippen molar-refractivity contribution in [3.63, 3.8) is 0 Å². The molecule has 0 bridgehead atoms. The highest BCUT2D eigenvalue weighted by molar-refractivity contribution is 6.30. The van der Waals surface area contributed by atoms with E-state index in [1.54, 1.807) is 42.5 Å². The van der Waals surface area contributed by atoms with E-state index in [1.807, 2.05) is 0 Å². The molecule has 1 nitrogen and oxygen atoms in total. The molecule has 0 atom stereocenters. The second-order valence-electron chi connectivity index (χ2n) is 3.73. The number of halogens is 2. The number of ketones is 1. The minimum atomic E-state index is -0.511. The highest BCUT2D eigenvalue weighted by Crippen LogP contribution is 2.12. The molecule has 0 radical (unpaired) electrons. The van der Waals surface area contributed by atoms with Crippen LogP contribution in [0, 0.1) is 5.82 Å². The van der Waals surface area contributed by atoms with Crippen LogP contribution in [0.2, 0.25) is 5.02 Å². The van der Waals surface area contributed by atoms with Crippen molar-refractivity contribution < 1.29 is 9.18 Å². The zero-order valence-electron chi connectivity index (χ0n) is 9.44. The molecule has 0 heterocycles. The van der Waals surface area contributed by atoms with Gasteiger partial charge in [0.25, 0.3) is 0 Å². The van der Waals surface area contributed by atoms with Crippen LogP contribution < -0.4 is 0 Å². The molecule has 2 aromatic rings. The third-order valence-electron chi connectivity index (χ3n) is 2.44. The van der Waals surface area contributed by atoms with Crippen LogP contribution in [0.1, 0.15) is 15.9 Å². The molecule has 2 aromatic carbocycles. The molecule has 0 aliphatic carbocycles. The number of hydrogen-bond acceptors (Lipinski definition) is 1. The Morgan fingerprint density at radius 2 is 1.72 bits per heavy atom. The summed E-state index contributed by atoms with van der Waals surface area (Å²) in [5.74, 6) is -0.869.